The summed E-state index contributed by atoms with van der Waals surface area (Å²) in [5.74, 6) is 0.558. The third kappa shape index (κ3) is 8.15. The van der Waals surface area contributed by atoms with Crippen molar-refractivity contribution in [1.82, 2.24) is 5.32 Å². The summed E-state index contributed by atoms with van der Waals surface area (Å²) in [5, 5.41) is 9.01. The van der Waals surface area contributed by atoms with Gasteiger partial charge in [0.15, 0.2) is 5.11 Å². The van der Waals surface area contributed by atoms with E-state index in [1.54, 1.807) is 12.1 Å². The number of benzene rings is 3. The first-order valence-electron chi connectivity index (χ1n) is 12.3. The van der Waals surface area contributed by atoms with Crippen LogP contribution in [0.5, 0.6) is 5.75 Å². The molecular formula is C30H35N3O3S. The van der Waals surface area contributed by atoms with Gasteiger partial charge in [-0.1, -0.05) is 44.2 Å². The Labute approximate surface area is 224 Å². The fraction of sp³-hybridized carbons (Fsp3) is 0.300. The van der Waals surface area contributed by atoms with Crippen LogP contribution in [-0.2, 0) is 4.79 Å². The van der Waals surface area contributed by atoms with Crippen LogP contribution >= 0.6 is 12.2 Å². The van der Waals surface area contributed by atoms with E-state index in [9.17, 15) is 9.59 Å². The molecule has 37 heavy (non-hydrogen) atoms. The van der Waals surface area contributed by atoms with Gasteiger partial charge in [-0.2, -0.15) is 0 Å². The van der Waals surface area contributed by atoms with E-state index in [1.807, 2.05) is 83.1 Å². The third-order valence-electron chi connectivity index (χ3n) is 6.16. The van der Waals surface area contributed by atoms with Crippen molar-refractivity contribution < 1.29 is 14.3 Å². The SMILES string of the molecule is Cc1ccc(C)c(OCCCC(C)(C)C(=O)NC(=S)Nc2ccc(NC(=O)c3ccccc3)c(C)c2)c1. The first-order valence-corrected chi connectivity index (χ1v) is 12.8. The topological polar surface area (TPSA) is 79.5 Å². The minimum Gasteiger partial charge on any atom is -0.493 e. The molecule has 0 bridgehead atoms. The second-order valence-electron chi connectivity index (χ2n) is 9.86. The summed E-state index contributed by atoms with van der Waals surface area (Å²) in [6.45, 7) is 10.3. The molecule has 7 heteroatoms. The van der Waals surface area contributed by atoms with Crippen LogP contribution in [-0.4, -0.2) is 23.5 Å². The Morgan fingerprint density at radius 2 is 1.62 bits per heavy atom. The van der Waals surface area contributed by atoms with Crippen molar-refractivity contribution in [2.45, 2.75) is 47.5 Å². The van der Waals surface area contributed by atoms with Crippen LogP contribution in [0.25, 0.3) is 0 Å². The minimum atomic E-state index is -0.613. The van der Waals surface area contributed by atoms with Crippen molar-refractivity contribution in [1.29, 1.82) is 0 Å². The van der Waals surface area contributed by atoms with Crippen molar-refractivity contribution in [3.63, 3.8) is 0 Å². The number of aryl methyl sites for hydroxylation is 3. The van der Waals surface area contributed by atoms with Gasteiger partial charge >= 0.3 is 0 Å². The molecule has 0 aromatic heterocycles. The molecule has 0 aliphatic rings. The number of carbonyl (C=O) groups excluding carboxylic acids is 2. The largest absolute Gasteiger partial charge is 0.493 e. The molecule has 0 fully saturated rings. The van der Waals surface area contributed by atoms with Crippen molar-refractivity contribution in [3.05, 3.63) is 89.0 Å². The lowest BCUT2D eigenvalue weighted by Gasteiger charge is -2.24. The Bertz CT molecular complexity index is 1270. The lowest BCUT2D eigenvalue weighted by molar-refractivity contribution is -0.128. The zero-order valence-electron chi connectivity index (χ0n) is 22.1. The van der Waals surface area contributed by atoms with E-state index in [2.05, 4.69) is 22.0 Å². The van der Waals surface area contributed by atoms with Crippen LogP contribution < -0.4 is 20.7 Å². The van der Waals surface area contributed by atoms with Gasteiger partial charge in [-0.15, -0.1) is 0 Å². The van der Waals surface area contributed by atoms with Crippen LogP contribution in [0.2, 0.25) is 0 Å². The maximum atomic E-state index is 12.9. The second kappa shape index (κ2) is 12.5. The second-order valence-corrected chi connectivity index (χ2v) is 10.3. The number of nitrogens with one attached hydrogen (secondary N) is 3. The summed E-state index contributed by atoms with van der Waals surface area (Å²) in [6.07, 6.45) is 1.39. The molecule has 2 amide bonds. The molecule has 0 saturated heterocycles. The number of ether oxygens (including phenoxy) is 1. The molecule has 194 valence electrons. The van der Waals surface area contributed by atoms with E-state index < -0.39 is 5.41 Å². The minimum absolute atomic E-state index is 0.153. The molecule has 0 spiro atoms. The molecule has 3 aromatic rings. The van der Waals surface area contributed by atoms with Gasteiger partial charge in [0.05, 0.1) is 6.61 Å². The van der Waals surface area contributed by atoms with Crippen molar-refractivity contribution >= 4 is 40.5 Å². The highest BCUT2D eigenvalue weighted by Crippen LogP contribution is 2.25. The molecule has 3 N–H and O–H groups in total. The van der Waals surface area contributed by atoms with Gasteiger partial charge in [0.25, 0.3) is 5.91 Å². The van der Waals surface area contributed by atoms with E-state index in [4.69, 9.17) is 17.0 Å². The fourth-order valence-corrected chi connectivity index (χ4v) is 3.98. The highest BCUT2D eigenvalue weighted by atomic mass is 32.1. The van der Waals surface area contributed by atoms with Gasteiger partial charge in [-0.05, 0) is 98.9 Å². The van der Waals surface area contributed by atoms with Gasteiger partial charge in [0.1, 0.15) is 5.75 Å². The fourth-order valence-electron chi connectivity index (χ4n) is 3.77. The maximum absolute atomic E-state index is 12.9. The normalized spacial score (nSPS) is 10.9. The highest BCUT2D eigenvalue weighted by Gasteiger charge is 2.28. The summed E-state index contributed by atoms with van der Waals surface area (Å²) >= 11 is 5.38. The Kier molecular flexibility index (Phi) is 9.42. The van der Waals surface area contributed by atoms with E-state index >= 15 is 0 Å². The van der Waals surface area contributed by atoms with Crippen LogP contribution in [0.3, 0.4) is 0 Å². The molecule has 0 aliphatic heterocycles. The van der Waals surface area contributed by atoms with E-state index in [1.165, 1.54) is 0 Å². The van der Waals surface area contributed by atoms with Gasteiger partial charge in [-0.25, -0.2) is 0 Å². The van der Waals surface area contributed by atoms with Crippen molar-refractivity contribution in [2.75, 3.05) is 17.2 Å². The van der Waals surface area contributed by atoms with Gasteiger partial charge in [-0.3, -0.25) is 9.59 Å². The first-order chi connectivity index (χ1) is 17.5. The molecule has 0 unspecified atom stereocenters. The van der Waals surface area contributed by atoms with Crippen molar-refractivity contribution in [3.8, 4) is 5.75 Å². The van der Waals surface area contributed by atoms with Crippen LogP contribution in [0.4, 0.5) is 11.4 Å². The summed E-state index contributed by atoms with van der Waals surface area (Å²) in [4.78, 5) is 25.3. The average molecular weight is 518 g/mol. The molecule has 0 radical (unpaired) electrons. The molecule has 0 aliphatic carbocycles. The van der Waals surface area contributed by atoms with Gasteiger partial charge in [0.2, 0.25) is 5.91 Å². The number of rotatable bonds is 9. The quantitative estimate of drug-likeness (QED) is 0.221. The predicted molar refractivity (Wildman–Crippen MR) is 154 cm³/mol. The van der Waals surface area contributed by atoms with Crippen molar-refractivity contribution in [2.24, 2.45) is 5.41 Å². The maximum Gasteiger partial charge on any atom is 0.255 e. The zero-order chi connectivity index (χ0) is 27.0. The van der Waals surface area contributed by atoms with E-state index in [-0.39, 0.29) is 16.9 Å². The third-order valence-corrected chi connectivity index (χ3v) is 6.36. The molecule has 0 saturated carbocycles. The number of anilines is 2. The number of amides is 2. The molecule has 3 rings (SSSR count). The molecule has 6 nitrogen and oxygen atoms in total. The van der Waals surface area contributed by atoms with E-state index in [0.29, 0.717) is 24.3 Å². The summed E-state index contributed by atoms with van der Waals surface area (Å²) in [7, 11) is 0. The van der Waals surface area contributed by atoms with Crippen LogP contribution in [0.1, 0.15) is 53.7 Å². The van der Waals surface area contributed by atoms with E-state index in [0.717, 1.165) is 34.5 Å². The van der Waals surface area contributed by atoms with Gasteiger partial charge < -0.3 is 20.7 Å². The molecular weight excluding hydrogens is 482 g/mol. The van der Waals surface area contributed by atoms with Gasteiger partial charge in [0, 0.05) is 22.4 Å². The number of hydrogen-bond acceptors (Lipinski definition) is 4. The zero-order valence-corrected chi connectivity index (χ0v) is 22.9. The average Bonchev–Trinajstić information content (AvgIpc) is 2.86. The first kappa shape index (κ1) is 27.9. The lowest BCUT2D eigenvalue weighted by Crippen LogP contribution is -2.42. The number of carbonyl (C=O) groups is 2. The summed E-state index contributed by atoms with van der Waals surface area (Å²) < 4.78 is 5.93. The van der Waals surface area contributed by atoms with Crippen LogP contribution in [0, 0.1) is 26.2 Å². The molecule has 0 heterocycles. The molecule has 0 atom stereocenters. The lowest BCUT2D eigenvalue weighted by atomic mass is 9.87. The Balaban J connectivity index is 1.48. The highest BCUT2D eigenvalue weighted by molar-refractivity contribution is 7.80. The monoisotopic (exact) mass is 517 g/mol. The summed E-state index contributed by atoms with van der Waals surface area (Å²) in [6, 6.07) is 20.7. The Morgan fingerprint density at radius 3 is 2.32 bits per heavy atom. The van der Waals surface area contributed by atoms with Crippen LogP contribution in [0.15, 0.2) is 66.7 Å². The number of hydrogen-bond donors (Lipinski definition) is 3. The summed E-state index contributed by atoms with van der Waals surface area (Å²) in [5.41, 5.74) is 4.53. The standard InChI is InChI=1S/C30H35N3O3S/c1-20-12-13-21(2)26(18-20)36-17-9-16-30(4,5)28(35)33-29(37)31-24-14-15-25(22(3)19-24)32-27(34)23-10-7-6-8-11-23/h6-8,10-15,18-19H,9,16-17H2,1-5H3,(H,32,34)(H2,31,33,35,37). The Hall–Kier alpha value is -3.71. The smallest absolute Gasteiger partial charge is 0.255 e. The number of thiocarbonyl (C=S) groups is 1. The predicted octanol–water partition coefficient (Wildman–Crippen LogP) is 6.56. The molecule has 3 aromatic carbocycles. The Morgan fingerprint density at radius 1 is 0.892 bits per heavy atom.